The van der Waals surface area contributed by atoms with Crippen LogP contribution in [0.1, 0.15) is 40.0 Å². The lowest BCUT2D eigenvalue weighted by atomic mass is 10.2. The zero-order chi connectivity index (χ0) is 8.43. The molecule has 0 aromatic rings. The molecule has 1 saturated heterocycles. The minimum absolute atomic E-state index is 0.308. The smallest absolute Gasteiger partial charge is 0.222 e. The van der Waals surface area contributed by atoms with Gasteiger partial charge in [0.25, 0.3) is 0 Å². The number of hydrogen-bond acceptors (Lipinski definition) is 1. The number of amides is 1. The SMILES string of the molecule is CCC(=O)N1[C@H](C)CC[C@@H]1C. The Morgan fingerprint density at radius 2 is 1.82 bits per heavy atom. The first-order valence-electron chi connectivity index (χ1n) is 4.48. The molecule has 0 spiro atoms. The zero-order valence-electron chi connectivity index (χ0n) is 7.63. The molecule has 64 valence electrons. The number of nitrogens with zero attached hydrogens (tertiary/aromatic N) is 1. The summed E-state index contributed by atoms with van der Waals surface area (Å²) >= 11 is 0. The summed E-state index contributed by atoms with van der Waals surface area (Å²) in [4.78, 5) is 13.4. The normalized spacial score (nSPS) is 31.0. The molecule has 0 aromatic heterocycles. The predicted octanol–water partition coefficient (Wildman–Crippen LogP) is 1.80. The number of carbonyl (C=O) groups is 1. The molecule has 0 N–H and O–H groups in total. The maximum atomic E-state index is 11.4. The summed E-state index contributed by atoms with van der Waals surface area (Å²) in [6, 6.07) is 0.940. The average molecular weight is 155 g/mol. The molecular formula is C9H17NO. The van der Waals surface area contributed by atoms with Gasteiger partial charge in [0.05, 0.1) is 0 Å². The topological polar surface area (TPSA) is 20.3 Å². The van der Waals surface area contributed by atoms with E-state index >= 15 is 0 Å². The highest BCUT2D eigenvalue weighted by Gasteiger charge is 2.29. The van der Waals surface area contributed by atoms with Gasteiger partial charge in [-0.1, -0.05) is 6.92 Å². The second kappa shape index (κ2) is 3.24. The third-order valence-corrected chi connectivity index (χ3v) is 2.54. The van der Waals surface area contributed by atoms with Crippen molar-refractivity contribution in [2.24, 2.45) is 0 Å². The highest BCUT2D eigenvalue weighted by Crippen LogP contribution is 2.23. The van der Waals surface area contributed by atoms with Crippen molar-refractivity contribution in [3.63, 3.8) is 0 Å². The van der Waals surface area contributed by atoms with Crippen molar-refractivity contribution < 1.29 is 4.79 Å². The fourth-order valence-corrected chi connectivity index (χ4v) is 1.87. The van der Waals surface area contributed by atoms with Crippen molar-refractivity contribution >= 4 is 5.91 Å². The second-order valence-corrected chi connectivity index (χ2v) is 3.43. The van der Waals surface area contributed by atoms with Crippen LogP contribution < -0.4 is 0 Å². The molecule has 1 heterocycles. The predicted molar refractivity (Wildman–Crippen MR) is 45.3 cm³/mol. The Hall–Kier alpha value is -0.530. The number of hydrogen-bond donors (Lipinski definition) is 0. The minimum Gasteiger partial charge on any atom is -0.337 e. The molecule has 1 rings (SSSR count). The Morgan fingerprint density at radius 1 is 1.36 bits per heavy atom. The van der Waals surface area contributed by atoms with E-state index in [0.29, 0.717) is 24.4 Å². The van der Waals surface area contributed by atoms with Gasteiger partial charge in [-0.15, -0.1) is 0 Å². The van der Waals surface area contributed by atoms with E-state index < -0.39 is 0 Å². The highest BCUT2D eigenvalue weighted by atomic mass is 16.2. The van der Waals surface area contributed by atoms with Crippen LogP contribution in [0.3, 0.4) is 0 Å². The van der Waals surface area contributed by atoms with Gasteiger partial charge in [0.1, 0.15) is 0 Å². The van der Waals surface area contributed by atoms with Crippen LogP contribution in [0.25, 0.3) is 0 Å². The largest absolute Gasteiger partial charge is 0.337 e. The van der Waals surface area contributed by atoms with E-state index in [2.05, 4.69) is 13.8 Å². The first kappa shape index (κ1) is 8.57. The minimum atomic E-state index is 0.308. The third-order valence-electron chi connectivity index (χ3n) is 2.54. The highest BCUT2D eigenvalue weighted by molar-refractivity contribution is 5.76. The van der Waals surface area contributed by atoms with Crippen LogP contribution >= 0.6 is 0 Å². The maximum Gasteiger partial charge on any atom is 0.222 e. The molecule has 1 fully saturated rings. The first-order valence-corrected chi connectivity index (χ1v) is 4.48. The fraction of sp³-hybridized carbons (Fsp3) is 0.889. The van der Waals surface area contributed by atoms with Gasteiger partial charge in [0.15, 0.2) is 0 Å². The second-order valence-electron chi connectivity index (χ2n) is 3.43. The van der Waals surface area contributed by atoms with Gasteiger partial charge in [-0.25, -0.2) is 0 Å². The Bertz CT molecular complexity index is 146. The van der Waals surface area contributed by atoms with E-state index in [4.69, 9.17) is 0 Å². The van der Waals surface area contributed by atoms with E-state index in [1.54, 1.807) is 0 Å². The van der Waals surface area contributed by atoms with Crippen molar-refractivity contribution in [3.05, 3.63) is 0 Å². The molecule has 2 atom stereocenters. The molecule has 2 nitrogen and oxygen atoms in total. The Balaban J connectivity index is 2.60. The lowest BCUT2D eigenvalue weighted by Crippen LogP contribution is -2.37. The summed E-state index contributed by atoms with van der Waals surface area (Å²) in [7, 11) is 0. The number of likely N-dealkylation sites (tertiary alicyclic amines) is 1. The van der Waals surface area contributed by atoms with Crippen molar-refractivity contribution in [1.29, 1.82) is 0 Å². The van der Waals surface area contributed by atoms with Crippen molar-refractivity contribution in [2.75, 3.05) is 0 Å². The fourth-order valence-electron chi connectivity index (χ4n) is 1.87. The molecule has 1 aliphatic heterocycles. The Morgan fingerprint density at radius 3 is 2.18 bits per heavy atom. The van der Waals surface area contributed by atoms with Crippen LogP contribution in [-0.4, -0.2) is 22.9 Å². The number of rotatable bonds is 1. The summed E-state index contributed by atoms with van der Waals surface area (Å²) < 4.78 is 0. The molecule has 0 aromatic carbocycles. The van der Waals surface area contributed by atoms with Crippen LogP contribution in [0.5, 0.6) is 0 Å². The van der Waals surface area contributed by atoms with E-state index in [1.165, 1.54) is 12.8 Å². The summed E-state index contributed by atoms with van der Waals surface area (Å²) in [5, 5.41) is 0. The van der Waals surface area contributed by atoms with Crippen LogP contribution in [0, 0.1) is 0 Å². The van der Waals surface area contributed by atoms with Crippen LogP contribution in [0.15, 0.2) is 0 Å². The monoisotopic (exact) mass is 155 g/mol. The molecule has 0 aliphatic carbocycles. The molecule has 11 heavy (non-hydrogen) atoms. The molecule has 0 radical (unpaired) electrons. The molecular weight excluding hydrogens is 138 g/mol. The van der Waals surface area contributed by atoms with Gasteiger partial charge in [-0.05, 0) is 26.7 Å². The average Bonchev–Trinajstić information content (AvgIpc) is 2.30. The van der Waals surface area contributed by atoms with Crippen LogP contribution in [0.2, 0.25) is 0 Å². The summed E-state index contributed by atoms with van der Waals surface area (Å²) in [5.74, 6) is 0.308. The Kier molecular flexibility index (Phi) is 2.53. The van der Waals surface area contributed by atoms with Gasteiger partial charge in [0, 0.05) is 18.5 Å². The quantitative estimate of drug-likeness (QED) is 0.565. The lowest BCUT2D eigenvalue weighted by molar-refractivity contribution is -0.133. The molecule has 0 unspecified atom stereocenters. The third kappa shape index (κ3) is 1.55. The summed E-state index contributed by atoms with van der Waals surface area (Å²) in [6.07, 6.45) is 2.99. The molecule has 1 aliphatic rings. The molecule has 2 heteroatoms. The molecule has 0 bridgehead atoms. The van der Waals surface area contributed by atoms with Gasteiger partial charge >= 0.3 is 0 Å². The Labute approximate surface area is 68.6 Å². The van der Waals surface area contributed by atoms with E-state index in [0.717, 1.165) is 0 Å². The van der Waals surface area contributed by atoms with E-state index in [9.17, 15) is 4.79 Å². The number of carbonyl (C=O) groups excluding carboxylic acids is 1. The molecule has 0 saturated carbocycles. The first-order chi connectivity index (χ1) is 5.16. The zero-order valence-corrected chi connectivity index (χ0v) is 7.63. The van der Waals surface area contributed by atoms with Gasteiger partial charge in [0.2, 0.25) is 5.91 Å². The van der Waals surface area contributed by atoms with Crippen molar-refractivity contribution in [3.8, 4) is 0 Å². The van der Waals surface area contributed by atoms with Gasteiger partial charge in [-0.3, -0.25) is 4.79 Å². The summed E-state index contributed by atoms with van der Waals surface area (Å²) in [5.41, 5.74) is 0. The van der Waals surface area contributed by atoms with Gasteiger partial charge in [-0.2, -0.15) is 0 Å². The standard InChI is InChI=1S/C9H17NO/c1-4-9(11)10-7(2)5-6-8(10)3/h7-8H,4-6H2,1-3H3/t7-,8+. The van der Waals surface area contributed by atoms with Gasteiger partial charge < -0.3 is 4.90 Å². The molecule has 1 amide bonds. The van der Waals surface area contributed by atoms with E-state index in [-0.39, 0.29) is 0 Å². The van der Waals surface area contributed by atoms with Crippen molar-refractivity contribution in [1.82, 2.24) is 4.90 Å². The van der Waals surface area contributed by atoms with E-state index in [1.807, 2.05) is 11.8 Å². The van der Waals surface area contributed by atoms with Crippen molar-refractivity contribution in [2.45, 2.75) is 52.1 Å². The summed E-state index contributed by atoms with van der Waals surface area (Å²) in [6.45, 7) is 6.20. The van der Waals surface area contributed by atoms with Crippen LogP contribution in [0.4, 0.5) is 0 Å². The lowest BCUT2D eigenvalue weighted by Gasteiger charge is -2.25. The maximum absolute atomic E-state index is 11.4. The van der Waals surface area contributed by atoms with Crippen LogP contribution in [-0.2, 0) is 4.79 Å².